The highest BCUT2D eigenvalue weighted by Gasteiger charge is 2.53. The summed E-state index contributed by atoms with van der Waals surface area (Å²) in [5.41, 5.74) is -0.582. The van der Waals surface area contributed by atoms with Gasteiger partial charge in [-0.05, 0) is 25.1 Å². The van der Waals surface area contributed by atoms with Crippen molar-refractivity contribution in [1.29, 1.82) is 5.26 Å². The summed E-state index contributed by atoms with van der Waals surface area (Å²) < 4.78 is 25.2. The molecule has 0 bridgehead atoms. The van der Waals surface area contributed by atoms with Crippen molar-refractivity contribution in [3.63, 3.8) is 0 Å². The van der Waals surface area contributed by atoms with Gasteiger partial charge in [0, 0.05) is 32.9 Å². The zero-order chi connectivity index (χ0) is 24.9. The zero-order valence-corrected chi connectivity index (χ0v) is 19.0. The first-order valence-corrected chi connectivity index (χ1v) is 11.0. The standard InChI is InChI=1S/C23H26FN5O5/c1-4-33-21(31)18(12-25)23(26-3)7-9-28(10-8-23)20-6-5-16(11-19(20)24)29-14-17(34-22(29)32)13-27-15(2)30/h5-6,11,17-18H,4,7-10,13-14H2,1-2H3,(H,27,30)/t17-,18?/m0/s1. The Morgan fingerprint density at radius 3 is 2.71 bits per heavy atom. The summed E-state index contributed by atoms with van der Waals surface area (Å²) in [6, 6.07) is 6.32. The predicted octanol–water partition coefficient (Wildman–Crippen LogP) is 2.25. The first-order valence-electron chi connectivity index (χ1n) is 11.0. The van der Waals surface area contributed by atoms with Crippen molar-refractivity contribution in [2.75, 3.05) is 42.6 Å². The second-order valence-electron chi connectivity index (χ2n) is 8.21. The van der Waals surface area contributed by atoms with Crippen molar-refractivity contribution >= 4 is 29.3 Å². The number of ether oxygens (including phenoxy) is 2. The monoisotopic (exact) mass is 471 g/mol. The molecule has 1 aromatic carbocycles. The molecular formula is C23H26FN5O5. The first-order chi connectivity index (χ1) is 16.2. The van der Waals surface area contributed by atoms with E-state index in [1.54, 1.807) is 24.0 Å². The summed E-state index contributed by atoms with van der Waals surface area (Å²) in [7, 11) is 0. The van der Waals surface area contributed by atoms with Crippen LogP contribution in [0.3, 0.4) is 0 Å². The molecule has 0 aliphatic carbocycles. The maximum Gasteiger partial charge on any atom is 0.414 e. The molecule has 0 aromatic heterocycles. The van der Waals surface area contributed by atoms with Crippen LogP contribution in [-0.2, 0) is 19.1 Å². The van der Waals surface area contributed by atoms with E-state index in [0.29, 0.717) is 11.4 Å². The minimum atomic E-state index is -1.21. The van der Waals surface area contributed by atoms with E-state index in [2.05, 4.69) is 10.2 Å². The van der Waals surface area contributed by atoms with Crippen molar-refractivity contribution in [2.45, 2.75) is 38.3 Å². The third-order valence-electron chi connectivity index (χ3n) is 6.08. The van der Waals surface area contributed by atoms with Crippen molar-refractivity contribution in [3.05, 3.63) is 35.4 Å². The Kier molecular flexibility index (Phi) is 7.57. The Morgan fingerprint density at radius 1 is 1.44 bits per heavy atom. The Balaban J connectivity index is 1.69. The number of hydrogen-bond acceptors (Lipinski definition) is 7. The summed E-state index contributed by atoms with van der Waals surface area (Å²) in [4.78, 5) is 42.2. The van der Waals surface area contributed by atoms with Crippen LogP contribution in [0.25, 0.3) is 4.85 Å². The number of anilines is 2. The molecule has 11 heteroatoms. The molecule has 0 saturated carbocycles. The number of amides is 2. The fourth-order valence-electron chi connectivity index (χ4n) is 4.23. The van der Waals surface area contributed by atoms with E-state index < -0.39 is 35.4 Å². The normalized spacial score (nSPS) is 20.0. The Labute approximate surface area is 197 Å². The quantitative estimate of drug-likeness (QED) is 0.479. The lowest BCUT2D eigenvalue weighted by molar-refractivity contribution is -0.147. The molecule has 2 aliphatic heterocycles. The summed E-state index contributed by atoms with van der Waals surface area (Å²) in [5, 5.41) is 12.1. The summed E-state index contributed by atoms with van der Waals surface area (Å²) in [6.45, 7) is 11.7. The average Bonchev–Trinajstić information content (AvgIpc) is 3.19. The average molecular weight is 471 g/mol. The number of halogens is 1. The van der Waals surface area contributed by atoms with Crippen molar-refractivity contribution in [2.24, 2.45) is 5.92 Å². The number of hydrogen-bond donors (Lipinski definition) is 1. The van der Waals surface area contributed by atoms with Gasteiger partial charge in [0.1, 0.15) is 11.9 Å². The lowest BCUT2D eigenvalue weighted by Crippen LogP contribution is -2.49. The fraction of sp³-hybridized carbons (Fsp3) is 0.522. The number of piperidine rings is 1. The van der Waals surface area contributed by atoms with Crippen LogP contribution in [-0.4, -0.2) is 62.4 Å². The highest BCUT2D eigenvalue weighted by atomic mass is 19.1. The lowest BCUT2D eigenvalue weighted by atomic mass is 9.77. The van der Waals surface area contributed by atoms with Crippen LogP contribution >= 0.6 is 0 Å². The van der Waals surface area contributed by atoms with Gasteiger partial charge in [0.25, 0.3) is 5.54 Å². The molecule has 2 atom stereocenters. The maximum atomic E-state index is 15.0. The summed E-state index contributed by atoms with van der Waals surface area (Å²) >= 11 is 0. The summed E-state index contributed by atoms with van der Waals surface area (Å²) in [6.07, 6.45) is -0.741. The van der Waals surface area contributed by atoms with Gasteiger partial charge in [0.2, 0.25) is 11.8 Å². The van der Waals surface area contributed by atoms with Crippen molar-refractivity contribution < 1.29 is 28.2 Å². The van der Waals surface area contributed by atoms with Crippen LogP contribution in [0, 0.1) is 29.6 Å². The number of nitrogens with one attached hydrogen (secondary N) is 1. The largest absolute Gasteiger partial charge is 0.465 e. The Bertz CT molecular complexity index is 1040. The number of esters is 1. The summed E-state index contributed by atoms with van der Waals surface area (Å²) in [5.74, 6) is -2.70. The molecule has 2 fully saturated rings. The minimum absolute atomic E-state index is 0.118. The molecule has 2 heterocycles. The second kappa shape index (κ2) is 10.4. The zero-order valence-electron chi connectivity index (χ0n) is 19.0. The molecule has 180 valence electrons. The van der Waals surface area contributed by atoms with Crippen molar-refractivity contribution in [1.82, 2.24) is 5.32 Å². The van der Waals surface area contributed by atoms with Crippen LogP contribution in [0.2, 0.25) is 0 Å². The van der Waals surface area contributed by atoms with E-state index in [-0.39, 0.29) is 51.5 Å². The molecular weight excluding hydrogens is 445 g/mol. The van der Waals surface area contributed by atoms with Crippen LogP contribution in [0.4, 0.5) is 20.6 Å². The highest BCUT2D eigenvalue weighted by molar-refractivity contribution is 5.90. The van der Waals surface area contributed by atoms with Crippen molar-refractivity contribution in [3.8, 4) is 6.07 Å². The number of rotatable bonds is 7. The number of carbonyl (C=O) groups excluding carboxylic acids is 3. The van der Waals surface area contributed by atoms with E-state index in [9.17, 15) is 19.6 Å². The Hall–Kier alpha value is -3.86. The van der Waals surface area contributed by atoms with E-state index >= 15 is 4.39 Å². The number of nitrogens with zero attached hydrogens (tertiary/aromatic N) is 4. The SMILES string of the molecule is [C-]#[N+]C1(C(C#N)C(=O)OCC)CCN(c2ccc(N3C[C@H](CNC(C)=O)OC3=O)cc2F)CC1. The van der Waals surface area contributed by atoms with Gasteiger partial charge in [0.15, 0.2) is 0 Å². The fourth-order valence-corrected chi connectivity index (χ4v) is 4.23. The van der Waals surface area contributed by atoms with Crippen LogP contribution in [0.15, 0.2) is 18.2 Å². The molecule has 1 unspecified atom stereocenters. The second-order valence-corrected chi connectivity index (χ2v) is 8.21. The van der Waals surface area contributed by atoms with Gasteiger partial charge in [-0.2, -0.15) is 5.26 Å². The van der Waals surface area contributed by atoms with Gasteiger partial charge in [-0.15, -0.1) is 0 Å². The molecule has 2 aliphatic rings. The van der Waals surface area contributed by atoms with E-state index in [0.717, 1.165) is 0 Å². The molecule has 1 aromatic rings. The van der Waals surface area contributed by atoms with Crippen LogP contribution in [0.1, 0.15) is 26.7 Å². The maximum absolute atomic E-state index is 15.0. The third-order valence-corrected chi connectivity index (χ3v) is 6.08. The van der Waals surface area contributed by atoms with Gasteiger partial charge in [0.05, 0.1) is 37.1 Å². The van der Waals surface area contributed by atoms with Gasteiger partial charge in [-0.3, -0.25) is 14.5 Å². The predicted molar refractivity (Wildman–Crippen MR) is 119 cm³/mol. The Morgan fingerprint density at radius 2 is 2.15 bits per heavy atom. The van der Waals surface area contributed by atoms with Gasteiger partial charge >= 0.3 is 12.1 Å². The first kappa shape index (κ1) is 24.8. The van der Waals surface area contributed by atoms with Gasteiger partial charge < -0.3 is 24.5 Å². The van der Waals surface area contributed by atoms with Gasteiger partial charge in [-0.1, -0.05) is 0 Å². The lowest BCUT2D eigenvalue weighted by Gasteiger charge is -2.36. The third kappa shape index (κ3) is 5.04. The molecule has 1 N–H and O–H groups in total. The number of cyclic esters (lactones) is 1. The molecule has 0 radical (unpaired) electrons. The molecule has 0 spiro atoms. The topological polar surface area (TPSA) is 116 Å². The molecule has 10 nitrogen and oxygen atoms in total. The molecule has 2 saturated heterocycles. The van der Waals surface area contributed by atoms with E-state index in [1.165, 1.54) is 17.9 Å². The molecule has 34 heavy (non-hydrogen) atoms. The van der Waals surface area contributed by atoms with Gasteiger partial charge in [-0.25, -0.2) is 15.8 Å². The van der Waals surface area contributed by atoms with Crippen LogP contribution < -0.4 is 15.1 Å². The van der Waals surface area contributed by atoms with E-state index in [1.807, 2.05) is 6.07 Å². The van der Waals surface area contributed by atoms with Crippen LogP contribution in [0.5, 0.6) is 0 Å². The highest BCUT2D eigenvalue weighted by Crippen LogP contribution is 2.37. The molecule has 2 amide bonds. The molecule has 3 rings (SSSR count). The number of benzene rings is 1. The number of carbonyl (C=O) groups is 3. The number of nitriles is 1. The van der Waals surface area contributed by atoms with E-state index in [4.69, 9.17) is 16.0 Å². The minimum Gasteiger partial charge on any atom is -0.465 e. The smallest absolute Gasteiger partial charge is 0.414 e.